The second kappa shape index (κ2) is 20.6. The lowest BCUT2D eigenvalue weighted by molar-refractivity contribution is -0.380. The predicted octanol–water partition coefficient (Wildman–Crippen LogP) is -4.92. The number of rotatable bonds is 19. The van der Waals surface area contributed by atoms with E-state index in [2.05, 4.69) is 11.9 Å². The molecule has 3 rings (SSSR count). The van der Waals surface area contributed by atoms with E-state index >= 15 is 0 Å². The molecule has 56 heavy (non-hydrogen) atoms. The molecule has 3 aliphatic rings. The predicted molar refractivity (Wildman–Crippen MR) is 188 cm³/mol. The maximum Gasteiger partial charge on any atom is 0.217 e. The van der Waals surface area contributed by atoms with E-state index in [1.165, 1.54) is 6.92 Å². The molecule has 0 aromatic rings. The van der Waals surface area contributed by atoms with E-state index in [0.29, 0.717) is 6.42 Å². The molecule has 1 amide bonds. The van der Waals surface area contributed by atoms with E-state index in [1.807, 2.05) is 13.8 Å². The minimum absolute atomic E-state index is 0.404. The number of nitrogens with one attached hydrogen (secondary N) is 1. The molecule has 11 unspecified atom stereocenters. The minimum Gasteiger partial charge on any atom is -0.394 e. The summed E-state index contributed by atoms with van der Waals surface area (Å²) < 4.78 is 46.5. The molecule has 0 aromatic heterocycles. The number of hydrogen-bond acceptors (Lipinski definition) is 20. The first-order valence-electron chi connectivity index (χ1n) is 18.4. The zero-order chi connectivity index (χ0) is 42.4. The first-order valence-corrected chi connectivity index (χ1v) is 18.4. The maximum atomic E-state index is 12.6. The lowest BCUT2D eigenvalue weighted by Crippen LogP contribution is -2.70. The van der Waals surface area contributed by atoms with Crippen LogP contribution in [-0.2, 0) is 42.7 Å². The van der Waals surface area contributed by atoms with Crippen molar-refractivity contribution < 1.29 is 98.9 Å². The van der Waals surface area contributed by atoms with Crippen LogP contribution in [-0.4, -0.2) is 211 Å². The standard InChI is InChI=1S/C35H63NO20/c1-9-34(4,5)13-35(6,7)56-32-26(48)28(23(45)18(12-39)51-32)54-30-19(36-15(3)41)27(22(44)17(11-38)50-30)53-33-29(24(46)21(43)16(10-37)52-33)55-31(49-8)25(47)20(42)14(2)40/h9,14,16-33,37-40,42-48H,1,10-13H2,2-8H3,(H,36,41)/t14-,16?,17?,18?,19?,20?,21+,22+,23+,24?,25?,26?,27?,28?,29?,30+,31+,32+,33+/m1/s1. The van der Waals surface area contributed by atoms with Crippen molar-refractivity contribution in [1.29, 1.82) is 0 Å². The molecule has 0 spiro atoms. The lowest BCUT2D eigenvalue weighted by Gasteiger charge is -2.50. The van der Waals surface area contributed by atoms with Gasteiger partial charge in [0, 0.05) is 14.0 Å². The lowest BCUT2D eigenvalue weighted by atomic mass is 9.82. The molecule has 19 atom stereocenters. The molecule has 3 fully saturated rings. The van der Waals surface area contributed by atoms with Gasteiger partial charge >= 0.3 is 0 Å². The number of carbonyl (C=O) groups is 1. The first-order chi connectivity index (χ1) is 26.1. The molecule has 21 nitrogen and oxygen atoms in total. The minimum atomic E-state index is -1.96. The van der Waals surface area contributed by atoms with E-state index < -0.39 is 153 Å². The van der Waals surface area contributed by atoms with Crippen LogP contribution in [0.4, 0.5) is 0 Å². The quantitative estimate of drug-likeness (QED) is 0.0429. The Morgan fingerprint density at radius 1 is 0.750 bits per heavy atom. The van der Waals surface area contributed by atoms with Gasteiger partial charge in [-0.2, -0.15) is 0 Å². The summed E-state index contributed by atoms with van der Waals surface area (Å²) in [6.45, 7) is 10.9. The van der Waals surface area contributed by atoms with Gasteiger partial charge in [-0.05, 0) is 32.6 Å². The zero-order valence-corrected chi connectivity index (χ0v) is 32.7. The number of hydrogen-bond donors (Lipinski definition) is 12. The number of allylic oxidation sites excluding steroid dienone is 1. The average molecular weight is 818 g/mol. The van der Waals surface area contributed by atoms with Crippen LogP contribution in [0.5, 0.6) is 0 Å². The number of amides is 1. The Morgan fingerprint density at radius 2 is 1.25 bits per heavy atom. The second-order valence-electron chi connectivity index (χ2n) is 15.7. The third kappa shape index (κ3) is 11.8. The van der Waals surface area contributed by atoms with Crippen LogP contribution in [0.2, 0.25) is 0 Å². The van der Waals surface area contributed by atoms with Crippen LogP contribution in [0.25, 0.3) is 0 Å². The fraction of sp³-hybridized carbons (Fsp3) is 0.914. The molecule has 328 valence electrons. The average Bonchev–Trinajstić information content (AvgIpc) is 3.13. The summed E-state index contributed by atoms with van der Waals surface area (Å²) in [5.74, 6) is -0.736. The highest BCUT2D eigenvalue weighted by Gasteiger charge is 2.56. The smallest absolute Gasteiger partial charge is 0.217 e. The Labute approximate surface area is 325 Å². The largest absolute Gasteiger partial charge is 0.394 e. The molecule has 0 aromatic carbocycles. The molecule has 3 heterocycles. The van der Waals surface area contributed by atoms with Crippen LogP contribution < -0.4 is 5.32 Å². The molecule has 21 heteroatoms. The Hall–Kier alpha value is -1.55. The fourth-order valence-corrected chi connectivity index (χ4v) is 7.07. The van der Waals surface area contributed by atoms with Crippen molar-refractivity contribution in [2.24, 2.45) is 5.41 Å². The van der Waals surface area contributed by atoms with Crippen molar-refractivity contribution in [2.75, 3.05) is 26.9 Å². The molecule has 0 aliphatic carbocycles. The van der Waals surface area contributed by atoms with Crippen molar-refractivity contribution in [3.8, 4) is 0 Å². The Bertz CT molecular complexity index is 1230. The highest BCUT2D eigenvalue weighted by molar-refractivity contribution is 5.73. The highest BCUT2D eigenvalue weighted by Crippen LogP contribution is 2.37. The van der Waals surface area contributed by atoms with Gasteiger partial charge in [0.1, 0.15) is 85.4 Å². The SMILES string of the molecule is C=CC(C)(C)CC(C)(C)O[C@@H]1OC(CO)[C@H](O)C(O[C@@H]2OC(CO)[C@H](O)C(O[C@@H]3OC(CO)[C@H](O)C(O)C3O[C@H](OC)C(O)C(O)[C@@H](C)O)C2NC(C)=O)C1O. The van der Waals surface area contributed by atoms with E-state index in [-0.39, 0.29) is 0 Å². The highest BCUT2D eigenvalue weighted by atomic mass is 16.8. The van der Waals surface area contributed by atoms with Crippen LogP contribution in [0.3, 0.4) is 0 Å². The zero-order valence-electron chi connectivity index (χ0n) is 32.7. The number of carbonyl (C=O) groups excluding carboxylic acids is 1. The van der Waals surface area contributed by atoms with Gasteiger partial charge in [0.25, 0.3) is 0 Å². The van der Waals surface area contributed by atoms with Crippen molar-refractivity contribution >= 4 is 5.91 Å². The van der Waals surface area contributed by atoms with Gasteiger partial charge < -0.3 is 99.4 Å². The summed E-state index contributed by atoms with van der Waals surface area (Å²) in [7, 11) is 1.06. The maximum absolute atomic E-state index is 12.6. The second-order valence-corrected chi connectivity index (χ2v) is 15.7. The molecule has 3 aliphatic heterocycles. The third-order valence-electron chi connectivity index (χ3n) is 9.97. The summed E-state index contributed by atoms with van der Waals surface area (Å²) in [6.07, 6.45) is -28.9. The van der Waals surface area contributed by atoms with Gasteiger partial charge in [-0.25, -0.2) is 0 Å². The Kier molecular flexibility index (Phi) is 18.0. The molecular weight excluding hydrogens is 754 g/mol. The van der Waals surface area contributed by atoms with Crippen LogP contribution in [0.15, 0.2) is 12.7 Å². The summed E-state index contributed by atoms with van der Waals surface area (Å²) >= 11 is 0. The van der Waals surface area contributed by atoms with Gasteiger partial charge in [0.05, 0.1) is 31.5 Å². The fourth-order valence-electron chi connectivity index (χ4n) is 7.07. The summed E-state index contributed by atoms with van der Waals surface area (Å²) in [6, 6.07) is -1.59. The van der Waals surface area contributed by atoms with E-state index in [4.69, 9.17) is 37.9 Å². The van der Waals surface area contributed by atoms with Crippen molar-refractivity contribution in [3.05, 3.63) is 12.7 Å². The molecule has 12 N–H and O–H groups in total. The Balaban J connectivity index is 2.01. The van der Waals surface area contributed by atoms with Gasteiger partial charge in [-0.15, -0.1) is 6.58 Å². The van der Waals surface area contributed by atoms with Gasteiger partial charge in [0.15, 0.2) is 25.2 Å². The number of methoxy groups -OCH3 is 1. The third-order valence-corrected chi connectivity index (χ3v) is 9.97. The summed E-state index contributed by atoms with van der Waals surface area (Å²) in [5, 5.41) is 119. The summed E-state index contributed by atoms with van der Waals surface area (Å²) in [4.78, 5) is 12.6. The number of aliphatic hydroxyl groups is 11. The molecule has 0 saturated carbocycles. The molecule has 3 saturated heterocycles. The number of aliphatic hydroxyl groups excluding tert-OH is 11. The van der Waals surface area contributed by atoms with Gasteiger partial charge in [0.2, 0.25) is 5.91 Å². The van der Waals surface area contributed by atoms with Crippen molar-refractivity contribution in [3.63, 3.8) is 0 Å². The van der Waals surface area contributed by atoms with Crippen LogP contribution in [0, 0.1) is 5.41 Å². The van der Waals surface area contributed by atoms with Crippen LogP contribution >= 0.6 is 0 Å². The monoisotopic (exact) mass is 817 g/mol. The van der Waals surface area contributed by atoms with E-state index in [1.54, 1.807) is 19.9 Å². The van der Waals surface area contributed by atoms with Gasteiger partial charge in [-0.3, -0.25) is 4.79 Å². The topological polar surface area (TPSA) is 325 Å². The molecular formula is C35H63NO20. The van der Waals surface area contributed by atoms with Crippen molar-refractivity contribution in [1.82, 2.24) is 5.32 Å². The van der Waals surface area contributed by atoms with E-state index in [0.717, 1.165) is 14.0 Å². The molecule has 0 radical (unpaired) electrons. The molecule has 0 bridgehead atoms. The van der Waals surface area contributed by atoms with Crippen molar-refractivity contribution in [2.45, 2.75) is 170 Å². The normalized spacial score (nSPS) is 39.4. The van der Waals surface area contributed by atoms with Crippen LogP contribution in [0.1, 0.15) is 48.0 Å². The summed E-state index contributed by atoms with van der Waals surface area (Å²) in [5.41, 5.74) is -1.37. The first kappa shape index (κ1) is 48.8. The Morgan fingerprint density at radius 3 is 1.75 bits per heavy atom. The number of ether oxygens (including phenoxy) is 8. The van der Waals surface area contributed by atoms with Gasteiger partial charge in [-0.1, -0.05) is 19.9 Å². The van der Waals surface area contributed by atoms with E-state index in [9.17, 15) is 61.0 Å².